The molecular formula is C10H19NO4. The van der Waals surface area contributed by atoms with E-state index in [2.05, 4.69) is 0 Å². The van der Waals surface area contributed by atoms with E-state index in [0.29, 0.717) is 19.6 Å². The normalized spacial score (nSPS) is 26.5. The second-order valence-corrected chi connectivity index (χ2v) is 4.56. The third-order valence-electron chi connectivity index (χ3n) is 2.40. The molecule has 1 fully saturated rings. The highest BCUT2D eigenvalue weighted by molar-refractivity contribution is 5.66. The van der Waals surface area contributed by atoms with Crippen molar-refractivity contribution in [1.82, 2.24) is 4.90 Å². The van der Waals surface area contributed by atoms with Crippen LogP contribution in [0.5, 0.6) is 0 Å². The molecule has 0 amide bonds. The molecule has 1 atom stereocenters. The van der Waals surface area contributed by atoms with Crippen LogP contribution in [-0.2, 0) is 9.53 Å². The number of aliphatic carboxylic acids is 1. The van der Waals surface area contributed by atoms with Gasteiger partial charge < -0.3 is 14.9 Å². The standard InChI is InChI=1S/C10H19NO4/c1-10(2)7-11(4-3-9(13)14)5-8(6-12)15-10/h8,12H,3-7H2,1-2H3,(H,13,14). The van der Waals surface area contributed by atoms with Gasteiger partial charge in [-0.1, -0.05) is 0 Å². The second-order valence-electron chi connectivity index (χ2n) is 4.56. The van der Waals surface area contributed by atoms with Crippen LogP contribution in [0.3, 0.4) is 0 Å². The van der Waals surface area contributed by atoms with Crippen LogP contribution in [0.25, 0.3) is 0 Å². The van der Waals surface area contributed by atoms with Crippen LogP contribution < -0.4 is 0 Å². The van der Waals surface area contributed by atoms with Crippen molar-refractivity contribution in [2.45, 2.75) is 32.0 Å². The summed E-state index contributed by atoms with van der Waals surface area (Å²) in [5.41, 5.74) is -0.315. The Bertz CT molecular complexity index is 229. The first-order valence-corrected chi connectivity index (χ1v) is 5.16. The molecule has 1 heterocycles. The van der Waals surface area contributed by atoms with Gasteiger partial charge in [-0.3, -0.25) is 9.69 Å². The second kappa shape index (κ2) is 4.92. The molecule has 0 bridgehead atoms. The number of carbonyl (C=O) groups is 1. The van der Waals surface area contributed by atoms with Crippen molar-refractivity contribution in [3.8, 4) is 0 Å². The van der Waals surface area contributed by atoms with Crippen molar-refractivity contribution in [2.24, 2.45) is 0 Å². The number of morpholine rings is 1. The van der Waals surface area contributed by atoms with Gasteiger partial charge in [0.2, 0.25) is 0 Å². The van der Waals surface area contributed by atoms with Crippen LogP contribution in [0, 0.1) is 0 Å². The van der Waals surface area contributed by atoms with E-state index in [1.807, 2.05) is 18.7 Å². The minimum absolute atomic E-state index is 0.0208. The Morgan fingerprint density at radius 1 is 1.60 bits per heavy atom. The number of hydrogen-bond acceptors (Lipinski definition) is 4. The molecule has 0 saturated carbocycles. The van der Waals surface area contributed by atoms with E-state index in [-0.39, 0.29) is 24.7 Å². The topological polar surface area (TPSA) is 70.0 Å². The SMILES string of the molecule is CC1(C)CN(CCC(=O)O)CC(CO)O1. The molecule has 5 nitrogen and oxygen atoms in total. The zero-order chi connectivity index (χ0) is 11.5. The lowest BCUT2D eigenvalue weighted by Gasteiger charge is -2.42. The minimum atomic E-state index is -0.792. The van der Waals surface area contributed by atoms with Crippen molar-refractivity contribution in [3.63, 3.8) is 0 Å². The van der Waals surface area contributed by atoms with Crippen molar-refractivity contribution in [2.75, 3.05) is 26.2 Å². The first-order chi connectivity index (χ1) is 6.93. The van der Waals surface area contributed by atoms with Gasteiger partial charge >= 0.3 is 5.97 Å². The van der Waals surface area contributed by atoms with E-state index >= 15 is 0 Å². The molecule has 0 aromatic rings. The Balaban J connectivity index is 2.47. The molecule has 0 aromatic carbocycles. The van der Waals surface area contributed by atoms with Crippen molar-refractivity contribution in [1.29, 1.82) is 0 Å². The fraction of sp³-hybridized carbons (Fsp3) is 0.900. The summed E-state index contributed by atoms with van der Waals surface area (Å²) in [6.07, 6.45) is -0.0728. The number of nitrogens with zero attached hydrogens (tertiary/aromatic N) is 1. The molecule has 1 unspecified atom stereocenters. The van der Waals surface area contributed by atoms with Gasteiger partial charge in [-0.25, -0.2) is 0 Å². The zero-order valence-corrected chi connectivity index (χ0v) is 9.27. The van der Waals surface area contributed by atoms with Crippen LogP contribution in [0.2, 0.25) is 0 Å². The van der Waals surface area contributed by atoms with Gasteiger partial charge in [-0.15, -0.1) is 0 Å². The molecule has 0 aliphatic carbocycles. The van der Waals surface area contributed by atoms with E-state index in [9.17, 15) is 4.79 Å². The van der Waals surface area contributed by atoms with E-state index in [4.69, 9.17) is 14.9 Å². The molecule has 88 valence electrons. The number of ether oxygens (including phenoxy) is 1. The number of hydrogen-bond donors (Lipinski definition) is 2. The highest BCUT2D eigenvalue weighted by Crippen LogP contribution is 2.20. The fourth-order valence-electron chi connectivity index (χ4n) is 1.94. The highest BCUT2D eigenvalue weighted by atomic mass is 16.5. The quantitative estimate of drug-likeness (QED) is 0.690. The molecule has 2 N–H and O–H groups in total. The molecule has 0 radical (unpaired) electrons. The summed E-state index contributed by atoms with van der Waals surface area (Å²) in [5, 5.41) is 17.6. The number of rotatable bonds is 4. The Kier molecular flexibility index (Phi) is 4.07. The van der Waals surface area contributed by atoms with Gasteiger partial charge in [0.1, 0.15) is 0 Å². The Hall–Kier alpha value is -0.650. The lowest BCUT2D eigenvalue weighted by Crippen LogP contribution is -2.54. The molecule has 0 spiro atoms. The first kappa shape index (κ1) is 12.4. The highest BCUT2D eigenvalue weighted by Gasteiger charge is 2.32. The molecule has 1 saturated heterocycles. The van der Waals surface area contributed by atoms with Crippen LogP contribution >= 0.6 is 0 Å². The molecule has 5 heteroatoms. The lowest BCUT2D eigenvalue weighted by atomic mass is 10.1. The molecule has 1 rings (SSSR count). The number of carboxylic acids is 1. The average Bonchev–Trinajstić information content (AvgIpc) is 2.12. The number of carboxylic acid groups (broad SMARTS) is 1. The zero-order valence-electron chi connectivity index (χ0n) is 9.27. The van der Waals surface area contributed by atoms with E-state index < -0.39 is 5.97 Å². The predicted molar refractivity (Wildman–Crippen MR) is 54.7 cm³/mol. The van der Waals surface area contributed by atoms with Gasteiger partial charge in [0.25, 0.3) is 0 Å². The smallest absolute Gasteiger partial charge is 0.304 e. The van der Waals surface area contributed by atoms with Gasteiger partial charge in [0, 0.05) is 19.6 Å². The summed E-state index contributed by atoms with van der Waals surface area (Å²) >= 11 is 0. The van der Waals surface area contributed by atoms with Crippen molar-refractivity contribution in [3.05, 3.63) is 0 Å². The Labute approximate surface area is 89.6 Å². The van der Waals surface area contributed by atoms with Crippen molar-refractivity contribution < 1.29 is 19.7 Å². The molecule has 0 aromatic heterocycles. The summed E-state index contributed by atoms with van der Waals surface area (Å²) in [6, 6.07) is 0. The third kappa shape index (κ3) is 4.15. The summed E-state index contributed by atoms with van der Waals surface area (Å²) in [5.74, 6) is -0.792. The Morgan fingerprint density at radius 3 is 2.80 bits per heavy atom. The van der Waals surface area contributed by atoms with Gasteiger partial charge in [0.15, 0.2) is 0 Å². The average molecular weight is 217 g/mol. The predicted octanol–water partition coefficient (Wildman–Crippen LogP) is -0.0672. The van der Waals surface area contributed by atoms with E-state index in [1.54, 1.807) is 0 Å². The largest absolute Gasteiger partial charge is 0.481 e. The first-order valence-electron chi connectivity index (χ1n) is 5.16. The molecule has 15 heavy (non-hydrogen) atoms. The maximum Gasteiger partial charge on any atom is 0.304 e. The van der Waals surface area contributed by atoms with Crippen LogP contribution in [0.15, 0.2) is 0 Å². The minimum Gasteiger partial charge on any atom is -0.481 e. The van der Waals surface area contributed by atoms with Gasteiger partial charge in [-0.2, -0.15) is 0 Å². The van der Waals surface area contributed by atoms with Crippen LogP contribution in [0.1, 0.15) is 20.3 Å². The maximum atomic E-state index is 10.4. The maximum absolute atomic E-state index is 10.4. The molecular weight excluding hydrogens is 198 g/mol. The molecule has 1 aliphatic rings. The summed E-state index contributed by atoms with van der Waals surface area (Å²) < 4.78 is 5.62. The molecule has 1 aliphatic heterocycles. The lowest BCUT2D eigenvalue weighted by molar-refractivity contribution is -0.152. The number of aliphatic hydroxyl groups excluding tert-OH is 1. The monoisotopic (exact) mass is 217 g/mol. The summed E-state index contributed by atoms with van der Waals surface area (Å²) in [6.45, 7) is 5.70. The fourth-order valence-corrected chi connectivity index (χ4v) is 1.94. The summed E-state index contributed by atoms with van der Waals surface area (Å²) in [4.78, 5) is 12.5. The Morgan fingerprint density at radius 2 is 2.27 bits per heavy atom. The van der Waals surface area contributed by atoms with Crippen molar-refractivity contribution >= 4 is 5.97 Å². The number of aliphatic hydroxyl groups is 1. The summed E-state index contributed by atoms with van der Waals surface area (Å²) in [7, 11) is 0. The third-order valence-corrected chi connectivity index (χ3v) is 2.40. The van der Waals surface area contributed by atoms with Crippen LogP contribution in [0.4, 0.5) is 0 Å². The van der Waals surface area contributed by atoms with E-state index in [1.165, 1.54) is 0 Å². The van der Waals surface area contributed by atoms with E-state index in [0.717, 1.165) is 0 Å². The van der Waals surface area contributed by atoms with Gasteiger partial charge in [0.05, 0.1) is 24.7 Å². The van der Waals surface area contributed by atoms with Crippen LogP contribution in [-0.4, -0.2) is 59.0 Å². The van der Waals surface area contributed by atoms with Gasteiger partial charge in [-0.05, 0) is 13.8 Å².